The molecule has 0 rings (SSSR count). The molecule has 0 unspecified atom stereocenters. The monoisotopic (exact) mass is 164 g/mol. The fourth-order valence-electron chi connectivity index (χ4n) is 0.718. The van der Waals surface area contributed by atoms with Gasteiger partial charge in [-0.25, -0.2) is 0 Å². The zero-order valence-electron chi connectivity index (χ0n) is 6.14. The summed E-state index contributed by atoms with van der Waals surface area (Å²) in [7, 11) is 0. The number of rotatable bonds is 5. The largest absolute Gasteiger partial charge is 0.481 e. The van der Waals surface area contributed by atoms with E-state index in [4.69, 9.17) is 16.7 Å². The highest BCUT2D eigenvalue weighted by atomic mass is 35.5. The summed E-state index contributed by atoms with van der Waals surface area (Å²) in [5, 5.41) is 8.31. The lowest BCUT2D eigenvalue weighted by Crippen LogP contribution is -2.04. The molecule has 0 aliphatic heterocycles. The minimum atomic E-state index is -0.733. The summed E-state index contributed by atoms with van der Waals surface area (Å²) in [6.45, 7) is 2.02. The van der Waals surface area contributed by atoms with Crippen LogP contribution >= 0.6 is 11.6 Å². The Morgan fingerprint density at radius 2 is 2.30 bits per heavy atom. The Labute approximate surface area is 66.2 Å². The number of halogens is 1. The predicted octanol–water partition coefficient (Wildman–Crippen LogP) is 2.12. The van der Waals surface area contributed by atoms with Gasteiger partial charge >= 0.3 is 5.97 Å². The standard InChI is InChI=1S/C7H13ClO2/c1-2-6(5-8)3-4-7(9)10/h6H,2-5H2,1H3,(H,9,10)/t6-/m1/s1. The first kappa shape index (κ1) is 9.76. The van der Waals surface area contributed by atoms with Gasteiger partial charge in [0.2, 0.25) is 0 Å². The van der Waals surface area contributed by atoms with E-state index in [2.05, 4.69) is 0 Å². The molecule has 0 aromatic rings. The maximum Gasteiger partial charge on any atom is 0.303 e. The van der Waals surface area contributed by atoms with E-state index in [-0.39, 0.29) is 6.42 Å². The fourth-order valence-corrected chi connectivity index (χ4v) is 1.09. The van der Waals surface area contributed by atoms with Crippen LogP contribution in [0, 0.1) is 5.92 Å². The number of carboxylic acids is 1. The van der Waals surface area contributed by atoms with Gasteiger partial charge in [-0.3, -0.25) is 4.79 Å². The summed E-state index contributed by atoms with van der Waals surface area (Å²) in [6, 6.07) is 0. The van der Waals surface area contributed by atoms with Crippen molar-refractivity contribution in [2.75, 3.05) is 5.88 Å². The molecule has 10 heavy (non-hydrogen) atoms. The van der Waals surface area contributed by atoms with Gasteiger partial charge in [0.25, 0.3) is 0 Å². The summed E-state index contributed by atoms with van der Waals surface area (Å²) in [5.41, 5.74) is 0. The lowest BCUT2D eigenvalue weighted by Gasteiger charge is -2.07. The van der Waals surface area contributed by atoms with Crippen LogP contribution in [-0.2, 0) is 4.79 Å². The Hall–Kier alpha value is -0.240. The maximum absolute atomic E-state index is 10.1. The third kappa shape index (κ3) is 4.62. The first-order valence-corrected chi connectivity index (χ1v) is 4.01. The van der Waals surface area contributed by atoms with Crippen molar-refractivity contribution in [2.45, 2.75) is 26.2 Å². The van der Waals surface area contributed by atoms with Crippen LogP contribution in [0.3, 0.4) is 0 Å². The average molecular weight is 165 g/mol. The molecule has 1 N–H and O–H groups in total. The minimum Gasteiger partial charge on any atom is -0.481 e. The molecule has 0 amide bonds. The van der Waals surface area contributed by atoms with E-state index < -0.39 is 5.97 Å². The lowest BCUT2D eigenvalue weighted by atomic mass is 10.0. The minimum absolute atomic E-state index is 0.241. The van der Waals surface area contributed by atoms with Crippen molar-refractivity contribution >= 4 is 17.6 Å². The Kier molecular flexibility index (Phi) is 5.40. The highest BCUT2D eigenvalue weighted by Crippen LogP contribution is 2.11. The Morgan fingerprint density at radius 3 is 2.60 bits per heavy atom. The molecule has 1 atom stereocenters. The first-order chi connectivity index (χ1) is 4.70. The predicted molar refractivity (Wildman–Crippen MR) is 41.4 cm³/mol. The second-order valence-corrected chi connectivity index (χ2v) is 2.67. The average Bonchev–Trinajstić information content (AvgIpc) is 1.90. The normalized spacial score (nSPS) is 13.0. The zero-order valence-corrected chi connectivity index (χ0v) is 6.90. The summed E-state index contributed by atoms with van der Waals surface area (Å²) in [6.07, 6.45) is 1.91. The zero-order chi connectivity index (χ0) is 7.98. The van der Waals surface area contributed by atoms with Crippen molar-refractivity contribution in [3.63, 3.8) is 0 Å². The van der Waals surface area contributed by atoms with E-state index in [1.807, 2.05) is 6.92 Å². The number of alkyl halides is 1. The molecule has 2 nitrogen and oxygen atoms in total. The van der Waals surface area contributed by atoms with Gasteiger partial charge in [-0.15, -0.1) is 11.6 Å². The van der Waals surface area contributed by atoms with Crippen LogP contribution in [-0.4, -0.2) is 17.0 Å². The molecule has 0 spiro atoms. The van der Waals surface area contributed by atoms with E-state index in [0.29, 0.717) is 18.2 Å². The van der Waals surface area contributed by atoms with E-state index in [0.717, 1.165) is 6.42 Å². The number of aliphatic carboxylic acids is 1. The van der Waals surface area contributed by atoms with Crippen molar-refractivity contribution in [1.82, 2.24) is 0 Å². The topological polar surface area (TPSA) is 37.3 Å². The van der Waals surface area contributed by atoms with Crippen LogP contribution in [0.1, 0.15) is 26.2 Å². The molecule has 0 saturated heterocycles. The molecule has 0 aliphatic carbocycles. The van der Waals surface area contributed by atoms with Crippen molar-refractivity contribution < 1.29 is 9.90 Å². The van der Waals surface area contributed by atoms with Gasteiger partial charge in [0.1, 0.15) is 0 Å². The third-order valence-electron chi connectivity index (χ3n) is 1.56. The number of hydrogen-bond donors (Lipinski definition) is 1. The Bertz CT molecular complexity index is 99.8. The van der Waals surface area contributed by atoms with Gasteiger partial charge in [-0.05, 0) is 12.3 Å². The van der Waals surface area contributed by atoms with Gasteiger partial charge < -0.3 is 5.11 Å². The van der Waals surface area contributed by atoms with Crippen molar-refractivity contribution in [1.29, 1.82) is 0 Å². The van der Waals surface area contributed by atoms with Gasteiger partial charge in [-0.1, -0.05) is 13.3 Å². The molecular weight excluding hydrogens is 152 g/mol. The van der Waals surface area contributed by atoms with E-state index >= 15 is 0 Å². The first-order valence-electron chi connectivity index (χ1n) is 3.48. The highest BCUT2D eigenvalue weighted by Gasteiger charge is 2.06. The van der Waals surface area contributed by atoms with E-state index in [1.54, 1.807) is 0 Å². The summed E-state index contributed by atoms with van der Waals surface area (Å²) >= 11 is 5.56. The summed E-state index contributed by atoms with van der Waals surface area (Å²) in [5.74, 6) is 0.213. The van der Waals surface area contributed by atoms with Crippen LogP contribution in [0.2, 0.25) is 0 Å². The van der Waals surface area contributed by atoms with Crippen molar-refractivity contribution in [3.8, 4) is 0 Å². The van der Waals surface area contributed by atoms with Crippen LogP contribution < -0.4 is 0 Å². The SMILES string of the molecule is CC[C@@H](CCl)CCC(=O)O. The van der Waals surface area contributed by atoms with Crippen molar-refractivity contribution in [3.05, 3.63) is 0 Å². The molecule has 3 heteroatoms. The quantitative estimate of drug-likeness (QED) is 0.632. The molecule has 0 aromatic carbocycles. The number of carbonyl (C=O) groups is 1. The van der Waals surface area contributed by atoms with E-state index in [1.165, 1.54) is 0 Å². The van der Waals surface area contributed by atoms with Gasteiger partial charge in [0, 0.05) is 12.3 Å². The smallest absolute Gasteiger partial charge is 0.303 e. The fraction of sp³-hybridized carbons (Fsp3) is 0.857. The van der Waals surface area contributed by atoms with Crippen LogP contribution in [0.15, 0.2) is 0 Å². The van der Waals surface area contributed by atoms with E-state index in [9.17, 15) is 4.79 Å². The molecular formula is C7H13ClO2. The second kappa shape index (κ2) is 5.54. The van der Waals surface area contributed by atoms with Crippen LogP contribution in [0.5, 0.6) is 0 Å². The Morgan fingerprint density at radius 1 is 1.70 bits per heavy atom. The molecule has 0 saturated carbocycles. The molecule has 0 fully saturated rings. The second-order valence-electron chi connectivity index (χ2n) is 2.36. The van der Waals surface area contributed by atoms with Gasteiger partial charge in [0.15, 0.2) is 0 Å². The molecule has 0 bridgehead atoms. The molecule has 0 aromatic heterocycles. The highest BCUT2D eigenvalue weighted by molar-refractivity contribution is 6.18. The lowest BCUT2D eigenvalue weighted by molar-refractivity contribution is -0.137. The number of hydrogen-bond acceptors (Lipinski definition) is 1. The van der Waals surface area contributed by atoms with Crippen LogP contribution in [0.4, 0.5) is 0 Å². The van der Waals surface area contributed by atoms with Crippen molar-refractivity contribution in [2.24, 2.45) is 5.92 Å². The Balaban J connectivity index is 3.34. The molecule has 0 aliphatic rings. The number of carboxylic acid groups (broad SMARTS) is 1. The summed E-state index contributed by atoms with van der Waals surface area (Å²) < 4.78 is 0. The molecule has 0 radical (unpaired) electrons. The van der Waals surface area contributed by atoms with Gasteiger partial charge in [-0.2, -0.15) is 0 Å². The summed E-state index contributed by atoms with van der Waals surface area (Å²) in [4.78, 5) is 10.1. The maximum atomic E-state index is 10.1. The molecule has 0 heterocycles. The van der Waals surface area contributed by atoms with Gasteiger partial charge in [0.05, 0.1) is 0 Å². The van der Waals surface area contributed by atoms with Crippen LogP contribution in [0.25, 0.3) is 0 Å². The molecule has 60 valence electrons. The third-order valence-corrected chi connectivity index (χ3v) is 2.00.